The maximum atomic E-state index is 12.7. The van der Waals surface area contributed by atoms with Crippen molar-refractivity contribution in [3.8, 4) is 0 Å². The molecule has 0 amide bonds. The zero-order valence-electron chi connectivity index (χ0n) is 10.4. The van der Waals surface area contributed by atoms with Crippen molar-refractivity contribution >= 4 is 15.7 Å². The van der Waals surface area contributed by atoms with Crippen molar-refractivity contribution < 1.29 is 26.0 Å². The van der Waals surface area contributed by atoms with Gasteiger partial charge in [0.25, 0.3) is 10.0 Å². The third-order valence-corrected chi connectivity index (χ3v) is 3.99. The van der Waals surface area contributed by atoms with Gasteiger partial charge in [-0.2, -0.15) is 13.2 Å². The number of sulfonamides is 1. The lowest BCUT2D eigenvalue weighted by Crippen LogP contribution is -2.13. The van der Waals surface area contributed by atoms with Crippen LogP contribution in [-0.4, -0.2) is 8.42 Å². The van der Waals surface area contributed by atoms with Gasteiger partial charge in [-0.1, -0.05) is 0 Å². The fourth-order valence-corrected chi connectivity index (χ4v) is 2.61. The van der Waals surface area contributed by atoms with Gasteiger partial charge in [0.15, 0.2) is 0 Å². The summed E-state index contributed by atoms with van der Waals surface area (Å²) in [4.78, 5) is -0.320. The summed E-state index contributed by atoms with van der Waals surface area (Å²) in [5.74, 6) is -0.535. The van der Waals surface area contributed by atoms with Crippen LogP contribution in [0.4, 0.5) is 23.2 Å². The van der Waals surface area contributed by atoms with Gasteiger partial charge >= 0.3 is 6.18 Å². The van der Waals surface area contributed by atoms with Crippen LogP contribution in [0.15, 0.2) is 53.4 Å². The number of hydrogen-bond donors (Lipinski definition) is 1. The van der Waals surface area contributed by atoms with Gasteiger partial charge in [0, 0.05) is 5.69 Å². The van der Waals surface area contributed by atoms with Crippen LogP contribution in [0.1, 0.15) is 5.56 Å². The Kier molecular flexibility index (Phi) is 3.91. The first-order chi connectivity index (χ1) is 9.68. The van der Waals surface area contributed by atoms with E-state index in [9.17, 15) is 26.0 Å². The van der Waals surface area contributed by atoms with Gasteiger partial charge in [-0.25, -0.2) is 12.8 Å². The van der Waals surface area contributed by atoms with Gasteiger partial charge in [0.2, 0.25) is 0 Å². The minimum atomic E-state index is -4.54. The summed E-state index contributed by atoms with van der Waals surface area (Å²) in [6.07, 6.45) is -4.54. The van der Waals surface area contributed by atoms with E-state index in [0.717, 1.165) is 24.3 Å². The Morgan fingerprint density at radius 3 is 1.86 bits per heavy atom. The first kappa shape index (κ1) is 15.3. The van der Waals surface area contributed by atoms with Crippen LogP contribution in [-0.2, 0) is 16.2 Å². The predicted octanol–water partition coefficient (Wildman–Crippen LogP) is 3.65. The highest BCUT2D eigenvalue weighted by Crippen LogP contribution is 2.30. The second kappa shape index (κ2) is 5.36. The van der Waals surface area contributed by atoms with Gasteiger partial charge in [-0.3, -0.25) is 4.72 Å². The van der Waals surface area contributed by atoms with Gasteiger partial charge < -0.3 is 0 Å². The lowest BCUT2D eigenvalue weighted by molar-refractivity contribution is -0.137. The largest absolute Gasteiger partial charge is 0.416 e. The molecule has 0 bridgehead atoms. The molecule has 8 heteroatoms. The third kappa shape index (κ3) is 3.72. The number of hydrogen-bond acceptors (Lipinski definition) is 2. The zero-order valence-corrected chi connectivity index (χ0v) is 11.2. The molecule has 2 aromatic carbocycles. The van der Waals surface area contributed by atoms with Gasteiger partial charge in [0.05, 0.1) is 10.5 Å². The zero-order chi connectivity index (χ0) is 15.7. The van der Waals surface area contributed by atoms with E-state index >= 15 is 0 Å². The molecule has 0 aliphatic carbocycles. The van der Waals surface area contributed by atoms with E-state index in [4.69, 9.17) is 0 Å². The second-order valence-corrected chi connectivity index (χ2v) is 5.82. The standard InChI is InChI=1S/C13H9F4NO2S/c14-10-3-5-11(6-4-10)18-21(19,20)12-7-1-9(2-8-12)13(15,16)17/h1-8,18H. The minimum absolute atomic E-state index is 0.108. The average molecular weight is 319 g/mol. The molecule has 2 aromatic rings. The van der Waals surface area contributed by atoms with Gasteiger partial charge in [-0.15, -0.1) is 0 Å². The van der Waals surface area contributed by atoms with Crippen LogP contribution >= 0.6 is 0 Å². The van der Waals surface area contributed by atoms with E-state index in [2.05, 4.69) is 4.72 Å². The van der Waals surface area contributed by atoms with Crippen molar-refractivity contribution in [2.45, 2.75) is 11.1 Å². The topological polar surface area (TPSA) is 46.2 Å². The SMILES string of the molecule is O=S(=O)(Nc1ccc(F)cc1)c1ccc(C(F)(F)F)cc1. The Labute approximate surface area is 118 Å². The number of alkyl halides is 3. The third-order valence-electron chi connectivity index (χ3n) is 2.59. The van der Waals surface area contributed by atoms with Crippen LogP contribution < -0.4 is 4.72 Å². The van der Waals surface area contributed by atoms with Crippen molar-refractivity contribution in [3.05, 3.63) is 59.9 Å². The van der Waals surface area contributed by atoms with Gasteiger partial charge in [0.1, 0.15) is 5.82 Å². The van der Waals surface area contributed by atoms with E-state index in [-0.39, 0.29) is 10.6 Å². The fraction of sp³-hybridized carbons (Fsp3) is 0.0769. The maximum Gasteiger partial charge on any atom is 0.416 e. The van der Waals surface area contributed by atoms with Gasteiger partial charge in [-0.05, 0) is 48.5 Å². The number of nitrogens with one attached hydrogen (secondary N) is 1. The smallest absolute Gasteiger partial charge is 0.280 e. The molecule has 0 aliphatic rings. The molecule has 0 atom stereocenters. The van der Waals surface area contributed by atoms with Crippen LogP contribution in [0.25, 0.3) is 0 Å². The molecule has 0 fully saturated rings. The van der Waals surface area contributed by atoms with Crippen LogP contribution in [0.5, 0.6) is 0 Å². The number of rotatable bonds is 3. The first-order valence-corrected chi connectivity index (χ1v) is 7.12. The Hall–Kier alpha value is -2.09. The summed E-state index contributed by atoms with van der Waals surface area (Å²) < 4.78 is 76.0. The Morgan fingerprint density at radius 1 is 0.857 bits per heavy atom. The number of anilines is 1. The molecular formula is C13H9F4NO2S. The first-order valence-electron chi connectivity index (χ1n) is 5.64. The quantitative estimate of drug-likeness (QED) is 0.878. The Morgan fingerprint density at radius 2 is 1.38 bits per heavy atom. The van der Waals surface area contributed by atoms with Crippen molar-refractivity contribution in [2.24, 2.45) is 0 Å². The highest BCUT2D eigenvalue weighted by Gasteiger charge is 2.30. The highest BCUT2D eigenvalue weighted by molar-refractivity contribution is 7.92. The van der Waals surface area contributed by atoms with Crippen molar-refractivity contribution in [1.29, 1.82) is 0 Å². The molecule has 0 radical (unpaired) electrons. The summed E-state index contributed by atoms with van der Waals surface area (Å²) in [5, 5.41) is 0. The summed E-state index contributed by atoms with van der Waals surface area (Å²) in [7, 11) is -4.03. The molecule has 0 unspecified atom stereocenters. The van der Waals surface area contributed by atoms with E-state index in [1.165, 1.54) is 12.1 Å². The van der Waals surface area contributed by atoms with E-state index in [1.807, 2.05) is 0 Å². The predicted molar refractivity (Wildman–Crippen MR) is 68.7 cm³/mol. The molecule has 0 aliphatic heterocycles. The van der Waals surface area contributed by atoms with Crippen LogP contribution in [0.3, 0.4) is 0 Å². The van der Waals surface area contributed by atoms with Crippen LogP contribution in [0.2, 0.25) is 0 Å². The molecular weight excluding hydrogens is 310 g/mol. The molecule has 0 aromatic heterocycles. The minimum Gasteiger partial charge on any atom is -0.280 e. The Bertz CT molecular complexity index is 722. The average Bonchev–Trinajstić information content (AvgIpc) is 2.40. The molecule has 3 nitrogen and oxygen atoms in total. The van der Waals surface area contributed by atoms with Crippen molar-refractivity contribution in [3.63, 3.8) is 0 Å². The molecule has 1 N–H and O–H groups in total. The van der Waals surface area contributed by atoms with Crippen molar-refractivity contribution in [2.75, 3.05) is 4.72 Å². The molecule has 21 heavy (non-hydrogen) atoms. The van der Waals surface area contributed by atoms with E-state index < -0.39 is 27.6 Å². The number of benzene rings is 2. The van der Waals surface area contributed by atoms with Crippen LogP contribution in [0, 0.1) is 5.82 Å². The summed E-state index contributed by atoms with van der Waals surface area (Å²) in [6.45, 7) is 0. The summed E-state index contributed by atoms with van der Waals surface area (Å²) >= 11 is 0. The highest BCUT2D eigenvalue weighted by atomic mass is 32.2. The van der Waals surface area contributed by atoms with Crippen molar-refractivity contribution in [1.82, 2.24) is 0 Å². The molecule has 112 valence electrons. The summed E-state index contributed by atoms with van der Waals surface area (Å²) in [5.41, 5.74) is -0.834. The Balaban J connectivity index is 2.25. The molecule has 0 saturated carbocycles. The normalized spacial score (nSPS) is 12.2. The lowest BCUT2D eigenvalue weighted by atomic mass is 10.2. The monoisotopic (exact) mass is 319 g/mol. The lowest BCUT2D eigenvalue weighted by Gasteiger charge is -2.10. The molecule has 0 spiro atoms. The molecule has 0 heterocycles. The molecule has 2 rings (SSSR count). The van der Waals surface area contributed by atoms with E-state index in [0.29, 0.717) is 12.1 Å². The van der Waals surface area contributed by atoms with E-state index in [1.54, 1.807) is 0 Å². The molecule has 0 saturated heterocycles. The number of halogens is 4. The fourth-order valence-electron chi connectivity index (χ4n) is 1.56. The second-order valence-electron chi connectivity index (χ2n) is 4.13. The summed E-state index contributed by atoms with van der Waals surface area (Å²) in [6, 6.07) is 7.60. The maximum absolute atomic E-state index is 12.7.